The van der Waals surface area contributed by atoms with Crippen molar-refractivity contribution in [2.45, 2.75) is 4.90 Å². The SMILES string of the molecule is O=S(=O)([O-])c1ccc2ccccc2c1.[NH3+]C=O.[Na+]. The van der Waals surface area contributed by atoms with Crippen molar-refractivity contribution >= 4 is 27.3 Å². The van der Waals surface area contributed by atoms with Crippen LogP contribution in [-0.4, -0.2) is 19.4 Å². The molecule has 0 aliphatic carbocycles. The molecule has 18 heavy (non-hydrogen) atoms. The predicted molar refractivity (Wildman–Crippen MR) is 60.9 cm³/mol. The Bertz CT molecular complexity index is 628. The van der Waals surface area contributed by atoms with E-state index in [1.54, 1.807) is 18.2 Å². The van der Waals surface area contributed by atoms with Crippen molar-refractivity contribution in [1.29, 1.82) is 0 Å². The van der Waals surface area contributed by atoms with Crippen molar-refractivity contribution in [3.63, 3.8) is 0 Å². The van der Waals surface area contributed by atoms with Crippen LogP contribution in [0.2, 0.25) is 0 Å². The van der Waals surface area contributed by atoms with Crippen molar-refractivity contribution in [2.24, 2.45) is 0 Å². The summed E-state index contributed by atoms with van der Waals surface area (Å²) in [5, 5.41) is 1.67. The van der Waals surface area contributed by atoms with E-state index < -0.39 is 10.1 Å². The summed E-state index contributed by atoms with van der Waals surface area (Å²) in [6.45, 7) is 0. The normalized spacial score (nSPS) is 9.89. The van der Waals surface area contributed by atoms with Crippen LogP contribution in [-0.2, 0) is 14.9 Å². The quantitative estimate of drug-likeness (QED) is 0.343. The van der Waals surface area contributed by atoms with Crippen LogP contribution in [0.4, 0.5) is 0 Å². The van der Waals surface area contributed by atoms with Gasteiger partial charge < -0.3 is 4.55 Å². The fraction of sp³-hybridized carbons (Fsp3) is 0. The zero-order chi connectivity index (χ0) is 12.9. The van der Waals surface area contributed by atoms with Gasteiger partial charge >= 0.3 is 29.6 Å². The molecule has 0 saturated heterocycles. The van der Waals surface area contributed by atoms with Gasteiger partial charge in [-0.25, -0.2) is 13.2 Å². The van der Waals surface area contributed by atoms with Gasteiger partial charge in [0.15, 0.2) is 0 Å². The molecule has 0 bridgehead atoms. The van der Waals surface area contributed by atoms with E-state index in [1.807, 2.05) is 12.1 Å². The Morgan fingerprint density at radius 3 is 2.06 bits per heavy atom. The number of amides is 1. The minimum Gasteiger partial charge on any atom is -0.744 e. The number of hydrogen-bond acceptors (Lipinski definition) is 4. The molecular weight excluding hydrogens is 265 g/mol. The molecule has 3 N–H and O–H groups in total. The van der Waals surface area contributed by atoms with Gasteiger partial charge in [0.2, 0.25) is 0 Å². The number of fused-ring (bicyclic) bond motifs is 1. The first-order valence-corrected chi connectivity index (χ1v) is 6.07. The van der Waals surface area contributed by atoms with Crippen molar-refractivity contribution in [1.82, 2.24) is 0 Å². The van der Waals surface area contributed by atoms with Gasteiger partial charge in [0.25, 0.3) is 6.41 Å². The number of carbonyl (C=O) groups excluding carboxylic acids is 1. The molecule has 2 rings (SSSR count). The maximum absolute atomic E-state index is 10.7. The minimum atomic E-state index is -4.34. The number of benzene rings is 2. The number of rotatable bonds is 1. The zero-order valence-corrected chi connectivity index (χ0v) is 12.7. The van der Waals surface area contributed by atoms with Gasteiger partial charge in [-0.1, -0.05) is 30.3 Å². The van der Waals surface area contributed by atoms with E-state index in [2.05, 4.69) is 5.73 Å². The molecule has 2 aromatic carbocycles. The first kappa shape index (κ1) is 17.2. The summed E-state index contributed by atoms with van der Waals surface area (Å²) in [6, 6.07) is 11.6. The number of hydrogen-bond donors (Lipinski definition) is 1. The first-order chi connectivity index (χ1) is 7.99. The maximum atomic E-state index is 10.7. The van der Waals surface area contributed by atoms with E-state index >= 15 is 0 Å². The Morgan fingerprint density at radius 2 is 1.56 bits per heavy atom. The first-order valence-electron chi connectivity index (χ1n) is 4.66. The minimum absolute atomic E-state index is 0. The Balaban J connectivity index is 0.000000660. The molecule has 0 heterocycles. The van der Waals surface area contributed by atoms with Gasteiger partial charge in [0, 0.05) is 0 Å². The molecule has 0 aliphatic rings. The molecule has 0 aromatic heterocycles. The molecule has 0 atom stereocenters. The molecule has 7 heteroatoms. The monoisotopic (exact) mass is 276 g/mol. The van der Waals surface area contributed by atoms with Gasteiger partial charge in [-0.3, -0.25) is 5.73 Å². The van der Waals surface area contributed by atoms with Crippen molar-refractivity contribution in [3.05, 3.63) is 42.5 Å². The number of carbonyl (C=O) groups is 1. The Labute approximate surface area is 127 Å². The molecule has 0 aliphatic heterocycles. The predicted octanol–water partition coefficient (Wildman–Crippen LogP) is -2.87. The van der Waals surface area contributed by atoms with Crippen LogP contribution in [0.25, 0.3) is 10.8 Å². The van der Waals surface area contributed by atoms with E-state index in [-0.39, 0.29) is 34.5 Å². The summed E-state index contributed by atoms with van der Waals surface area (Å²) in [4.78, 5) is 8.51. The standard InChI is InChI=1S/C10H8O3S.CH3NO.Na/c11-14(12,13)10-6-5-8-3-1-2-4-9(8)7-10;2-1-3;/h1-7H,(H,11,12,13);1H,(H2,2,3);/q;;+1. The largest absolute Gasteiger partial charge is 1.00 e. The maximum Gasteiger partial charge on any atom is 1.00 e. The average Bonchev–Trinajstić information content (AvgIpc) is 2.28. The topological polar surface area (TPSA) is 102 Å². The Hall–Kier alpha value is -0.760. The van der Waals surface area contributed by atoms with E-state index in [1.165, 1.54) is 12.1 Å². The summed E-state index contributed by atoms with van der Waals surface area (Å²) in [5.74, 6) is 0. The van der Waals surface area contributed by atoms with Crippen LogP contribution >= 0.6 is 0 Å². The molecule has 1 amide bonds. The van der Waals surface area contributed by atoms with Crippen LogP contribution in [0.15, 0.2) is 47.4 Å². The fourth-order valence-corrected chi connectivity index (χ4v) is 1.83. The van der Waals surface area contributed by atoms with E-state index in [4.69, 9.17) is 4.79 Å². The second-order valence-corrected chi connectivity index (χ2v) is 4.51. The molecule has 2 aromatic rings. The van der Waals surface area contributed by atoms with Gasteiger partial charge in [-0.15, -0.1) is 0 Å². The summed E-state index contributed by atoms with van der Waals surface area (Å²) >= 11 is 0. The fourth-order valence-electron chi connectivity index (χ4n) is 1.32. The summed E-state index contributed by atoms with van der Waals surface area (Å²) in [7, 11) is -4.34. The molecule has 0 fully saturated rings. The summed E-state index contributed by atoms with van der Waals surface area (Å²) in [6.07, 6.45) is 0.500. The van der Waals surface area contributed by atoms with E-state index in [9.17, 15) is 13.0 Å². The number of quaternary nitrogens is 1. The third-order valence-electron chi connectivity index (χ3n) is 2.01. The molecule has 0 saturated carbocycles. The smallest absolute Gasteiger partial charge is 0.744 e. The van der Waals surface area contributed by atoms with E-state index in [0.29, 0.717) is 6.41 Å². The van der Waals surface area contributed by atoms with Crippen molar-refractivity contribution < 1.29 is 53.1 Å². The Kier molecular flexibility index (Phi) is 7.30. The van der Waals surface area contributed by atoms with Crippen molar-refractivity contribution in [2.75, 3.05) is 0 Å². The molecule has 90 valence electrons. The van der Waals surface area contributed by atoms with Crippen LogP contribution < -0.4 is 35.3 Å². The molecule has 0 radical (unpaired) electrons. The second kappa shape index (κ2) is 7.63. The zero-order valence-electron chi connectivity index (χ0n) is 9.87. The van der Waals surface area contributed by atoms with Crippen molar-refractivity contribution in [3.8, 4) is 0 Å². The Morgan fingerprint density at radius 1 is 1.06 bits per heavy atom. The molecule has 0 unspecified atom stereocenters. The summed E-state index contributed by atoms with van der Waals surface area (Å²) < 4.78 is 32.2. The van der Waals surface area contributed by atoms with Crippen LogP contribution in [0.1, 0.15) is 0 Å². The van der Waals surface area contributed by atoms with Crippen LogP contribution in [0.3, 0.4) is 0 Å². The van der Waals surface area contributed by atoms with Crippen LogP contribution in [0.5, 0.6) is 0 Å². The average molecular weight is 276 g/mol. The molecule has 5 nitrogen and oxygen atoms in total. The van der Waals surface area contributed by atoms with Crippen LogP contribution in [0, 0.1) is 0 Å². The van der Waals surface area contributed by atoms with Gasteiger partial charge in [0.1, 0.15) is 10.1 Å². The van der Waals surface area contributed by atoms with Gasteiger partial charge in [0.05, 0.1) is 4.90 Å². The molecular formula is C11H11NNaO4S+. The second-order valence-electron chi connectivity index (χ2n) is 3.13. The molecule has 0 spiro atoms. The van der Waals surface area contributed by atoms with Gasteiger partial charge in [-0.2, -0.15) is 0 Å². The van der Waals surface area contributed by atoms with E-state index in [0.717, 1.165) is 10.8 Å². The summed E-state index contributed by atoms with van der Waals surface area (Å²) in [5.41, 5.74) is 2.81. The third-order valence-corrected chi connectivity index (χ3v) is 2.84. The van der Waals surface area contributed by atoms with Gasteiger partial charge in [-0.05, 0) is 22.9 Å². The third kappa shape index (κ3) is 4.85.